The fourth-order valence-corrected chi connectivity index (χ4v) is 3.54. The number of aromatic nitrogens is 4. The summed E-state index contributed by atoms with van der Waals surface area (Å²) in [6, 6.07) is 0.0602. The van der Waals surface area contributed by atoms with Gasteiger partial charge in [-0.25, -0.2) is 0 Å². The maximum atomic E-state index is 11.3. The Morgan fingerprint density at radius 2 is 2.28 bits per heavy atom. The molecule has 2 fully saturated rings. The highest BCUT2D eigenvalue weighted by molar-refractivity contribution is 5.72. The van der Waals surface area contributed by atoms with Crippen LogP contribution in [0.5, 0.6) is 0 Å². The van der Waals surface area contributed by atoms with Crippen LogP contribution in [0.25, 0.3) is 0 Å². The summed E-state index contributed by atoms with van der Waals surface area (Å²) in [5.41, 5.74) is 0. The van der Waals surface area contributed by atoms with Gasteiger partial charge >= 0.3 is 5.97 Å². The van der Waals surface area contributed by atoms with Crippen molar-refractivity contribution in [2.75, 3.05) is 0 Å². The van der Waals surface area contributed by atoms with E-state index in [1.165, 1.54) is 4.80 Å². The number of fused-ring (bicyclic) bond motifs is 2. The Bertz CT molecular complexity index is 460. The molecule has 0 spiro atoms. The van der Waals surface area contributed by atoms with Crippen molar-refractivity contribution in [3.05, 3.63) is 5.82 Å². The number of carbonyl (C=O) groups is 1. The Labute approximate surface area is 105 Å². The van der Waals surface area contributed by atoms with Gasteiger partial charge in [0.05, 0.1) is 19.5 Å². The van der Waals surface area contributed by atoms with Crippen LogP contribution in [0.2, 0.25) is 0 Å². The van der Waals surface area contributed by atoms with Crippen LogP contribution in [0, 0.1) is 17.8 Å². The van der Waals surface area contributed by atoms with Crippen LogP contribution in [0.1, 0.15) is 25.1 Å². The lowest BCUT2D eigenvalue weighted by Gasteiger charge is -2.28. The third-order valence-corrected chi connectivity index (χ3v) is 4.25. The summed E-state index contributed by atoms with van der Waals surface area (Å²) < 4.78 is 0. The van der Waals surface area contributed by atoms with E-state index in [0.717, 1.165) is 19.3 Å². The van der Waals surface area contributed by atoms with Crippen LogP contribution in [0.15, 0.2) is 0 Å². The first-order valence-corrected chi connectivity index (χ1v) is 6.34. The number of aryl methyl sites for hydroxylation is 1. The van der Waals surface area contributed by atoms with Gasteiger partial charge in [0.2, 0.25) is 0 Å². The zero-order valence-electron chi connectivity index (χ0n) is 10.3. The molecule has 0 radical (unpaired) electrons. The lowest BCUT2D eigenvalue weighted by atomic mass is 9.84. The summed E-state index contributed by atoms with van der Waals surface area (Å²) in [5, 5.41) is 24.4. The van der Waals surface area contributed by atoms with Gasteiger partial charge in [0.15, 0.2) is 5.82 Å². The Morgan fingerprint density at radius 3 is 2.94 bits per heavy atom. The minimum atomic E-state index is -0.674. The number of carboxylic acids is 1. The maximum absolute atomic E-state index is 11.3. The van der Waals surface area contributed by atoms with Crippen molar-refractivity contribution in [1.82, 2.24) is 25.5 Å². The van der Waals surface area contributed by atoms with Crippen LogP contribution >= 0.6 is 0 Å². The molecule has 7 heteroatoms. The van der Waals surface area contributed by atoms with Crippen molar-refractivity contribution < 1.29 is 9.90 Å². The minimum Gasteiger partial charge on any atom is -0.481 e. The Balaban J connectivity index is 1.66. The smallest absolute Gasteiger partial charge is 0.308 e. The van der Waals surface area contributed by atoms with Gasteiger partial charge < -0.3 is 10.4 Å². The molecule has 7 nitrogen and oxygen atoms in total. The SMILES string of the molecule is Cn1nnc(CNC2C3CCC(C3)C2C(=O)O)n1. The lowest BCUT2D eigenvalue weighted by molar-refractivity contribution is -0.144. The minimum absolute atomic E-state index is 0.0602. The number of rotatable bonds is 4. The number of nitrogens with one attached hydrogen (secondary N) is 1. The van der Waals surface area contributed by atoms with E-state index in [-0.39, 0.29) is 12.0 Å². The molecule has 0 saturated heterocycles. The zero-order valence-corrected chi connectivity index (χ0v) is 10.3. The highest BCUT2D eigenvalue weighted by Crippen LogP contribution is 2.48. The van der Waals surface area contributed by atoms with E-state index in [4.69, 9.17) is 0 Å². The number of carboxylic acid groups (broad SMARTS) is 1. The summed E-state index contributed by atoms with van der Waals surface area (Å²) in [6.45, 7) is 0.492. The second-order valence-electron chi connectivity index (χ2n) is 5.30. The van der Waals surface area contributed by atoms with Crippen LogP contribution in [-0.4, -0.2) is 37.3 Å². The van der Waals surface area contributed by atoms with E-state index in [1.807, 2.05) is 0 Å². The summed E-state index contributed by atoms with van der Waals surface area (Å²) in [7, 11) is 1.72. The van der Waals surface area contributed by atoms with E-state index in [9.17, 15) is 9.90 Å². The molecule has 3 rings (SSSR count). The van der Waals surface area contributed by atoms with Crippen molar-refractivity contribution in [1.29, 1.82) is 0 Å². The molecule has 1 heterocycles. The van der Waals surface area contributed by atoms with Crippen molar-refractivity contribution >= 4 is 5.97 Å². The first-order valence-electron chi connectivity index (χ1n) is 6.34. The van der Waals surface area contributed by atoms with E-state index in [2.05, 4.69) is 20.7 Å². The van der Waals surface area contributed by atoms with E-state index in [1.54, 1.807) is 7.05 Å². The van der Waals surface area contributed by atoms with Crippen LogP contribution < -0.4 is 5.32 Å². The van der Waals surface area contributed by atoms with E-state index >= 15 is 0 Å². The molecule has 2 N–H and O–H groups in total. The van der Waals surface area contributed by atoms with E-state index < -0.39 is 5.97 Å². The van der Waals surface area contributed by atoms with Crippen molar-refractivity contribution in [2.45, 2.75) is 31.8 Å². The van der Waals surface area contributed by atoms with Gasteiger partial charge in [0.1, 0.15) is 0 Å². The number of hydrogen-bond donors (Lipinski definition) is 2. The normalized spacial score (nSPS) is 34.1. The third kappa shape index (κ3) is 1.88. The van der Waals surface area contributed by atoms with Crippen LogP contribution in [0.4, 0.5) is 0 Å². The zero-order chi connectivity index (χ0) is 12.7. The van der Waals surface area contributed by atoms with Crippen molar-refractivity contribution in [3.63, 3.8) is 0 Å². The molecule has 2 aliphatic rings. The molecule has 2 bridgehead atoms. The van der Waals surface area contributed by atoms with Gasteiger partial charge in [-0.1, -0.05) is 0 Å². The predicted octanol–water partition coefficient (Wildman–Crippen LogP) is -0.201. The third-order valence-electron chi connectivity index (χ3n) is 4.25. The quantitative estimate of drug-likeness (QED) is 0.769. The second kappa shape index (κ2) is 4.31. The van der Waals surface area contributed by atoms with Gasteiger partial charge in [0.25, 0.3) is 0 Å². The Kier molecular flexibility index (Phi) is 2.77. The Hall–Kier alpha value is -1.50. The highest BCUT2D eigenvalue weighted by atomic mass is 16.4. The van der Waals surface area contributed by atoms with Gasteiger partial charge in [-0.2, -0.15) is 4.80 Å². The summed E-state index contributed by atoms with van der Waals surface area (Å²) in [4.78, 5) is 12.7. The lowest BCUT2D eigenvalue weighted by Crippen LogP contribution is -2.44. The standard InChI is InChI=1S/C11H17N5O2/c1-16-14-8(13-15-16)5-12-10-7-3-2-6(4-7)9(10)11(17)18/h6-7,9-10,12H,2-5H2,1H3,(H,17,18). The predicted molar refractivity (Wildman–Crippen MR) is 61.4 cm³/mol. The maximum Gasteiger partial charge on any atom is 0.308 e. The number of nitrogens with zero attached hydrogens (tertiary/aromatic N) is 4. The molecule has 1 aromatic rings. The fourth-order valence-electron chi connectivity index (χ4n) is 3.54. The molecule has 0 amide bonds. The molecule has 4 unspecified atom stereocenters. The molecular formula is C11H17N5O2. The van der Waals surface area contributed by atoms with Crippen molar-refractivity contribution in [2.24, 2.45) is 24.8 Å². The van der Waals surface area contributed by atoms with E-state index in [0.29, 0.717) is 24.2 Å². The van der Waals surface area contributed by atoms with Crippen molar-refractivity contribution in [3.8, 4) is 0 Å². The molecule has 2 saturated carbocycles. The number of tetrazole rings is 1. The average molecular weight is 251 g/mol. The number of hydrogen-bond acceptors (Lipinski definition) is 5. The Morgan fingerprint density at radius 1 is 1.50 bits per heavy atom. The molecule has 4 atom stereocenters. The van der Waals surface area contributed by atoms with Gasteiger partial charge in [-0.15, -0.1) is 10.2 Å². The first-order chi connectivity index (χ1) is 8.65. The van der Waals surface area contributed by atoms with Gasteiger partial charge in [-0.3, -0.25) is 4.79 Å². The van der Waals surface area contributed by atoms with Crippen LogP contribution in [0.3, 0.4) is 0 Å². The highest BCUT2D eigenvalue weighted by Gasteiger charge is 2.50. The molecule has 0 aliphatic heterocycles. The van der Waals surface area contributed by atoms with Crippen LogP contribution in [-0.2, 0) is 18.4 Å². The number of aliphatic carboxylic acids is 1. The summed E-state index contributed by atoms with van der Waals surface area (Å²) in [5.74, 6) is 0.532. The monoisotopic (exact) mass is 251 g/mol. The van der Waals surface area contributed by atoms with Gasteiger partial charge in [-0.05, 0) is 36.3 Å². The topological polar surface area (TPSA) is 92.9 Å². The molecule has 1 aromatic heterocycles. The fraction of sp³-hybridized carbons (Fsp3) is 0.818. The molecule has 98 valence electrons. The molecule has 2 aliphatic carbocycles. The average Bonchev–Trinajstić information content (AvgIpc) is 3.00. The largest absolute Gasteiger partial charge is 0.481 e. The first kappa shape index (κ1) is 11.6. The molecular weight excluding hydrogens is 234 g/mol. The summed E-state index contributed by atoms with van der Waals surface area (Å²) in [6.07, 6.45) is 3.24. The molecule has 0 aromatic carbocycles. The summed E-state index contributed by atoms with van der Waals surface area (Å²) >= 11 is 0. The molecule has 18 heavy (non-hydrogen) atoms. The van der Waals surface area contributed by atoms with Gasteiger partial charge in [0, 0.05) is 6.04 Å². The second-order valence-corrected chi connectivity index (χ2v) is 5.30.